The van der Waals surface area contributed by atoms with Crippen LogP contribution in [0.15, 0.2) is 24.3 Å². The van der Waals surface area contributed by atoms with E-state index in [1.165, 1.54) is 0 Å². The Morgan fingerprint density at radius 2 is 1.40 bits per heavy atom. The molecule has 0 atom stereocenters. The molecule has 3 N–H and O–H groups in total. The minimum atomic E-state index is 0.323. The highest BCUT2D eigenvalue weighted by Crippen LogP contribution is 2.27. The first-order valence-electron chi connectivity index (χ1n) is 6.71. The number of anilines is 1. The second kappa shape index (κ2) is 5.45. The van der Waals surface area contributed by atoms with Crippen molar-refractivity contribution in [2.75, 3.05) is 5.32 Å². The quantitative estimate of drug-likeness (QED) is 0.741. The molecule has 0 aromatic heterocycles. The van der Waals surface area contributed by atoms with E-state index in [1.54, 1.807) is 6.07 Å². The first-order chi connectivity index (χ1) is 9.38. The van der Waals surface area contributed by atoms with Crippen molar-refractivity contribution >= 4 is 5.69 Å². The predicted molar refractivity (Wildman–Crippen MR) is 82.5 cm³/mol. The van der Waals surface area contributed by atoms with Gasteiger partial charge in [0, 0.05) is 12.2 Å². The number of rotatable bonds is 3. The van der Waals surface area contributed by atoms with E-state index >= 15 is 0 Å². The van der Waals surface area contributed by atoms with Gasteiger partial charge in [-0.25, -0.2) is 0 Å². The molecule has 0 spiro atoms. The van der Waals surface area contributed by atoms with E-state index in [2.05, 4.69) is 5.32 Å². The first-order valence-corrected chi connectivity index (χ1v) is 6.71. The van der Waals surface area contributed by atoms with E-state index < -0.39 is 0 Å². The minimum Gasteiger partial charge on any atom is -0.508 e. The van der Waals surface area contributed by atoms with Crippen LogP contribution in [-0.4, -0.2) is 10.2 Å². The molecule has 0 aliphatic rings. The lowest BCUT2D eigenvalue weighted by Gasteiger charge is -2.13. The van der Waals surface area contributed by atoms with Crippen molar-refractivity contribution in [1.82, 2.24) is 0 Å². The van der Waals surface area contributed by atoms with Gasteiger partial charge in [0.1, 0.15) is 11.5 Å². The standard InChI is InChI=1S/C17H21NO2/c1-10-8-16(19)11(2)7-15(10)18-9-14-5-12(3)17(20)13(4)6-14/h5-8,18-20H,9H2,1-4H3. The van der Waals surface area contributed by atoms with Crippen molar-refractivity contribution in [3.63, 3.8) is 0 Å². The third-order valence-corrected chi connectivity index (χ3v) is 3.58. The zero-order valence-corrected chi connectivity index (χ0v) is 12.4. The molecule has 0 saturated heterocycles. The fourth-order valence-corrected chi connectivity index (χ4v) is 2.34. The molecule has 0 saturated carbocycles. The molecule has 2 rings (SSSR count). The number of aryl methyl sites for hydroxylation is 4. The van der Waals surface area contributed by atoms with Crippen molar-refractivity contribution in [3.8, 4) is 11.5 Å². The SMILES string of the molecule is Cc1cc(NCc2cc(C)c(O)c(C)c2)c(C)cc1O. The summed E-state index contributed by atoms with van der Waals surface area (Å²) in [6, 6.07) is 7.69. The Bertz CT molecular complexity index is 625. The van der Waals surface area contributed by atoms with E-state index in [1.807, 2.05) is 45.9 Å². The Hall–Kier alpha value is -2.16. The largest absolute Gasteiger partial charge is 0.508 e. The molecule has 0 heterocycles. The average molecular weight is 271 g/mol. The summed E-state index contributed by atoms with van der Waals surface area (Å²) in [6.45, 7) is 8.35. The van der Waals surface area contributed by atoms with Crippen molar-refractivity contribution in [3.05, 3.63) is 52.1 Å². The van der Waals surface area contributed by atoms with Gasteiger partial charge in [-0.1, -0.05) is 12.1 Å². The molecule has 2 aromatic rings. The van der Waals surface area contributed by atoms with Crippen LogP contribution in [0.5, 0.6) is 11.5 Å². The minimum absolute atomic E-state index is 0.323. The highest BCUT2D eigenvalue weighted by atomic mass is 16.3. The monoisotopic (exact) mass is 271 g/mol. The predicted octanol–water partition coefficient (Wildman–Crippen LogP) is 3.94. The number of nitrogens with one attached hydrogen (secondary N) is 1. The Labute approximate surface area is 119 Å². The third-order valence-electron chi connectivity index (χ3n) is 3.58. The summed E-state index contributed by atoms with van der Waals surface area (Å²) in [4.78, 5) is 0. The van der Waals surface area contributed by atoms with Gasteiger partial charge in [0.05, 0.1) is 0 Å². The van der Waals surface area contributed by atoms with E-state index in [0.29, 0.717) is 18.0 Å². The molecular formula is C17H21NO2. The van der Waals surface area contributed by atoms with Gasteiger partial charge in [0.15, 0.2) is 0 Å². The summed E-state index contributed by atoms with van der Waals surface area (Å²) in [6.07, 6.45) is 0. The summed E-state index contributed by atoms with van der Waals surface area (Å²) < 4.78 is 0. The molecule has 0 radical (unpaired) electrons. The van der Waals surface area contributed by atoms with Crippen LogP contribution >= 0.6 is 0 Å². The van der Waals surface area contributed by atoms with Crippen LogP contribution in [0.1, 0.15) is 27.8 Å². The summed E-state index contributed by atoms with van der Waals surface area (Å²) in [5.41, 5.74) is 5.80. The summed E-state index contributed by atoms with van der Waals surface area (Å²) >= 11 is 0. The van der Waals surface area contributed by atoms with Crippen molar-refractivity contribution < 1.29 is 10.2 Å². The van der Waals surface area contributed by atoms with Crippen molar-refractivity contribution in [1.29, 1.82) is 0 Å². The molecule has 0 unspecified atom stereocenters. The molecule has 0 fully saturated rings. The molecular weight excluding hydrogens is 250 g/mol. The maximum absolute atomic E-state index is 9.78. The van der Waals surface area contributed by atoms with Gasteiger partial charge < -0.3 is 15.5 Å². The van der Waals surface area contributed by atoms with Gasteiger partial charge >= 0.3 is 0 Å². The molecule has 106 valence electrons. The van der Waals surface area contributed by atoms with Gasteiger partial charge in [-0.15, -0.1) is 0 Å². The normalized spacial score (nSPS) is 10.6. The Morgan fingerprint density at radius 3 is 2.00 bits per heavy atom. The highest BCUT2D eigenvalue weighted by molar-refractivity contribution is 5.57. The fourth-order valence-electron chi connectivity index (χ4n) is 2.34. The van der Waals surface area contributed by atoms with Crippen LogP contribution in [0, 0.1) is 27.7 Å². The third kappa shape index (κ3) is 2.87. The lowest BCUT2D eigenvalue weighted by molar-refractivity contribution is 0.466. The summed E-state index contributed by atoms with van der Waals surface area (Å²) in [5.74, 6) is 0.690. The number of hydrogen-bond acceptors (Lipinski definition) is 3. The summed E-state index contributed by atoms with van der Waals surface area (Å²) in [5, 5.41) is 22.8. The van der Waals surface area contributed by atoms with E-state index in [0.717, 1.165) is 33.5 Å². The van der Waals surface area contributed by atoms with Crippen LogP contribution in [0.3, 0.4) is 0 Å². The van der Waals surface area contributed by atoms with Gasteiger partial charge in [-0.3, -0.25) is 0 Å². The zero-order chi connectivity index (χ0) is 14.9. The second-order valence-electron chi connectivity index (χ2n) is 5.39. The van der Waals surface area contributed by atoms with Crippen molar-refractivity contribution in [2.45, 2.75) is 34.2 Å². The van der Waals surface area contributed by atoms with Crippen LogP contribution in [0.4, 0.5) is 5.69 Å². The molecule has 0 amide bonds. The van der Waals surface area contributed by atoms with E-state index in [4.69, 9.17) is 0 Å². The first kappa shape index (κ1) is 14.3. The van der Waals surface area contributed by atoms with Gasteiger partial charge in [-0.2, -0.15) is 0 Å². The molecule has 0 aliphatic carbocycles. The Kier molecular flexibility index (Phi) is 3.89. The Balaban J connectivity index is 2.19. The smallest absolute Gasteiger partial charge is 0.121 e. The molecule has 20 heavy (non-hydrogen) atoms. The maximum atomic E-state index is 9.78. The fraction of sp³-hybridized carbons (Fsp3) is 0.294. The number of benzene rings is 2. The molecule has 3 heteroatoms. The van der Waals surface area contributed by atoms with Gasteiger partial charge in [0.2, 0.25) is 0 Å². The van der Waals surface area contributed by atoms with Crippen LogP contribution < -0.4 is 5.32 Å². The number of aromatic hydroxyl groups is 2. The zero-order valence-electron chi connectivity index (χ0n) is 12.4. The molecule has 0 aliphatic heterocycles. The van der Waals surface area contributed by atoms with Gasteiger partial charge in [0.25, 0.3) is 0 Å². The van der Waals surface area contributed by atoms with E-state index in [-0.39, 0.29) is 0 Å². The molecule has 2 aromatic carbocycles. The molecule has 3 nitrogen and oxygen atoms in total. The number of phenols is 2. The Morgan fingerprint density at radius 1 is 0.800 bits per heavy atom. The average Bonchev–Trinajstić information content (AvgIpc) is 2.38. The molecule has 0 bridgehead atoms. The number of phenolic OH excluding ortho intramolecular Hbond substituents is 2. The topological polar surface area (TPSA) is 52.5 Å². The van der Waals surface area contributed by atoms with Gasteiger partial charge in [-0.05, 0) is 67.6 Å². The second-order valence-corrected chi connectivity index (χ2v) is 5.39. The maximum Gasteiger partial charge on any atom is 0.121 e. The lowest BCUT2D eigenvalue weighted by atomic mass is 10.1. The number of hydrogen-bond donors (Lipinski definition) is 3. The lowest BCUT2D eigenvalue weighted by Crippen LogP contribution is -2.02. The van der Waals surface area contributed by atoms with Crippen LogP contribution in [-0.2, 0) is 6.54 Å². The van der Waals surface area contributed by atoms with Crippen molar-refractivity contribution in [2.24, 2.45) is 0 Å². The van der Waals surface area contributed by atoms with Crippen LogP contribution in [0.2, 0.25) is 0 Å². The highest BCUT2D eigenvalue weighted by Gasteiger charge is 2.06. The van der Waals surface area contributed by atoms with Crippen LogP contribution in [0.25, 0.3) is 0 Å². The van der Waals surface area contributed by atoms with E-state index in [9.17, 15) is 10.2 Å². The summed E-state index contributed by atoms with van der Waals surface area (Å²) in [7, 11) is 0.